The normalized spacial score (nSPS) is 13.9. The molecule has 106 valence electrons. The standard InChI is InChI=1S/C15H24N2O2/c1-10-5-11(2)7-13(6-10)8-12(3)17-15(18)14(16)9-19-4/h5-7,12,14H,8-9,16H2,1-4H3,(H,17,18). The summed E-state index contributed by atoms with van der Waals surface area (Å²) >= 11 is 0. The predicted molar refractivity (Wildman–Crippen MR) is 77.1 cm³/mol. The van der Waals surface area contributed by atoms with Gasteiger partial charge in [0.1, 0.15) is 6.04 Å². The highest BCUT2D eigenvalue weighted by Gasteiger charge is 2.15. The lowest BCUT2D eigenvalue weighted by atomic mass is 10.0. The van der Waals surface area contributed by atoms with Crippen LogP contribution in [0.1, 0.15) is 23.6 Å². The zero-order valence-electron chi connectivity index (χ0n) is 12.2. The Hall–Kier alpha value is -1.39. The Morgan fingerprint density at radius 3 is 2.42 bits per heavy atom. The van der Waals surface area contributed by atoms with Gasteiger partial charge in [-0.05, 0) is 32.8 Å². The molecule has 1 aromatic carbocycles. The molecular weight excluding hydrogens is 240 g/mol. The van der Waals surface area contributed by atoms with Gasteiger partial charge in [0.2, 0.25) is 5.91 Å². The third-order valence-corrected chi connectivity index (χ3v) is 2.90. The van der Waals surface area contributed by atoms with Gasteiger partial charge < -0.3 is 15.8 Å². The minimum absolute atomic E-state index is 0.0524. The van der Waals surface area contributed by atoms with E-state index >= 15 is 0 Å². The van der Waals surface area contributed by atoms with Crippen molar-refractivity contribution in [3.63, 3.8) is 0 Å². The highest BCUT2D eigenvalue weighted by Crippen LogP contribution is 2.10. The highest BCUT2D eigenvalue weighted by molar-refractivity contribution is 5.81. The van der Waals surface area contributed by atoms with E-state index in [2.05, 4.69) is 37.4 Å². The average Bonchev–Trinajstić information content (AvgIpc) is 2.27. The van der Waals surface area contributed by atoms with Gasteiger partial charge in [0, 0.05) is 13.2 Å². The van der Waals surface area contributed by atoms with E-state index in [-0.39, 0.29) is 18.6 Å². The summed E-state index contributed by atoms with van der Waals surface area (Å²) in [7, 11) is 1.53. The lowest BCUT2D eigenvalue weighted by Crippen LogP contribution is -2.47. The number of benzene rings is 1. The molecule has 19 heavy (non-hydrogen) atoms. The molecule has 0 saturated heterocycles. The molecule has 0 saturated carbocycles. The van der Waals surface area contributed by atoms with Crippen molar-refractivity contribution in [3.05, 3.63) is 34.9 Å². The fraction of sp³-hybridized carbons (Fsp3) is 0.533. The molecule has 0 spiro atoms. The number of hydrogen-bond acceptors (Lipinski definition) is 3. The van der Waals surface area contributed by atoms with E-state index in [4.69, 9.17) is 10.5 Å². The van der Waals surface area contributed by atoms with E-state index in [1.54, 1.807) is 0 Å². The van der Waals surface area contributed by atoms with Gasteiger partial charge in [-0.25, -0.2) is 0 Å². The van der Waals surface area contributed by atoms with Gasteiger partial charge in [-0.15, -0.1) is 0 Å². The van der Waals surface area contributed by atoms with Gasteiger partial charge in [-0.1, -0.05) is 29.3 Å². The molecule has 1 amide bonds. The summed E-state index contributed by atoms with van der Waals surface area (Å²) in [5, 5.41) is 2.91. The molecule has 0 fully saturated rings. The fourth-order valence-electron chi connectivity index (χ4n) is 2.20. The van der Waals surface area contributed by atoms with Crippen LogP contribution in [0, 0.1) is 13.8 Å². The molecule has 1 rings (SSSR count). The van der Waals surface area contributed by atoms with Crippen LogP contribution in [0.2, 0.25) is 0 Å². The summed E-state index contributed by atoms with van der Waals surface area (Å²) in [5.74, 6) is -0.168. The molecule has 2 unspecified atom stereocenters. The molecule has 4 heteroatoms. The van der Waals surface area contributed by atoms with Crippen LogP contribution in [0.25, 0.3) is 0 Å². The summed E-state index contributed by atoms with van der Waals surface area (Å²) < 4.78 is 4.87. The maximum Gasteiger partial charge on any atom is 0.239 e. The number of ether oxygens (including phenoxy) is 1. The highest BCUT2D eigenvalue weighted by atomic mass is 16.5. The minimum Gasteiger partial charge on any atom is -0.383 e. The predicted octanol–water partition coefficient (Wildman–Crippen LogP) is 1.32. The number of methoxy groups -OCH3 is 1. The van der Waals surface area contributed by atoms with Crippen molar-refractivity contribution in [3.8, 4) is 0 Å². The zero-order chi connectivity index (χ0) is 14.4. The van der Waals surface area contributed by atoms with Crippen molar-refractivity contribution in [2.45, 2.75) is 39.3 Å². The molecule has 0 aliphatic rings. The van der Waals surface area contributed by atoms with Crippen molar-refractivity contribution in [2.75, 3.05) is 13.7 Å². The number of nitrogens with two attached hydrogens (primary N) is 1. The number of aryl methyl sites for hydroxylation is 2. The Kier molecular flexibility index (Phi) is 5.99. The average molecular weight is 264 g/mol. The number of carbonyl (C=O) groups is 1. The number of hydrogen-bond donors (Lipinski definition) is 2. The molecule has 0 aromatic heterocycles. The topological polar surface area (TPSA) is 64.3 Å². The first kappa shape index (κ1) is 15.7. The van der Waals surface area contributed by atoms with Crippen LogP contribution >= 0.6 is 0 Å². The second-order valence-corrected chi connectivity index (χ2v) is 5.17. The molecule has 0 heterocycles. The Labute approximate surface area is 115 Å². The maximum atomic E-state index is 11.8. The van der Waals surface area contributed by atoms with E-state index in [0.717, 1.165) is 6.42 Å². The van der Waals surface area contributed by atoms with Crippen molar-refractivity contribution >= 4 is 5.91 Å². The van der Waals surface area contributed by atoms with Gasteiger partial charge in [0.05, 0.1) is 6.61 Å². The van der Waals surface area contributed by atoms with Crippen molar-refractivity contribution in [1.82, 2.24) is 5.32 Å². The lowest BCUT2D eigenvalue weighted by molar-refractivity contribution is -0.124. The van der Waals surface area contributed by atoms with Gasteiger partial charge in [-0.3, -0.25) is 4.79 Å². The molecule has 0 aliphatic heterocycles. The summed E-state index contributed by atoms with van der Waals surface area (Å²) in [5.41, 5.74) is 9.39. The molecule has 0 radical (unpaired) electrons. The first-order valence-corrected chi connectivity index (χ1v) is 6.54. The third-order valence-electron chi connectivity index (χ3n) is 2.90. The molecule has 0 aliphatic carbocycles. The Morgan fingerprint density at radius 1 is 1.32 bits per heavy atom. The zero-order valence-corrected chi connectivity index (χ0v) is 12.2. The fourth-order valence-corrected chi connectivity index (χ4v) is 2.20. The smallest absolute Gasteiger partial charge is 0.239 e. The Balaban J connectivity index is 2.55. The second kappa shape index (κ2) is 7.26. The SMILES string of the molecule is COCC(N)C(=O)NC(C)Cc1cc(C)cc(C)c1. The summed E-state index contributed by atoms with van der Waals surface area (Å²) in [6, 6.07) is 5.87. The molecule has 0 bridgehead atoms. The molecule has 4 nitrogen and oxygen atoms in total. The van der Waals surface area contributed by atoms with E-state index in [1.165, 1.54) is 23.8 Å². The van der Waals surface area contributed by atoms with Crippen LogP contribution in [0.15, 0.2) is 18.2 Å². The van der Waals surface area contributed by atoms with E-state index < -0.39 is 6.04 Å². The van der Waals surface area contributed by atoms with E-state index in [9.17, 15) is 4.79 Å². The number of nitrogens with one attached hydrogen (secondary N) is 1. The summed E-state index contributed by atoms with van der Waals surface area (Å²) in [6.45, 7) is 6.37. The van der Waals surface area contributed by atoms with E-state index in [0.29, 0.717) is 0 Å². The Bertz CT molecular complexity index is 412. The second-order valence-electron chi connectivity index (χ2n) is 5.17. The lowest BCUT2D eigenvalue weighted by Gasteiger charge is -2.17. The largest absolute Gasteiger partial charge is 0.383 e. The molecular formula is C15H24N2O2. The van der Waals surface area contributed by atoms with Crippen LogP contribution in [-0.2, 0) is 16.0 Å². The first-order chi connectivity index (χ1) is 8.92. The Morgan fingerprint density at radius 2 is 1.89 bits per heavy atom. The number of amides is 1. The van der Waals surface area contributed by atoms with Crippen LogP contribution in [-0.4, -0.2) is 31.7 Å². The van der Waals surface area contributed by atoms with Gasteiger partial charge in [0.25, 0.3) is 0 Å². The summed E-state index contributed by atoms with van der Waals surface area (Å²) in [6.07, 6.45) is 0.800. The number of rotatable bonds is 6. The molecule has 2 atom stereocenters. The van der Waals surface area contributed by atoms with Crippen molar-refractivity contribution < 1.29 is 9.53 Å². The first-order valence-electron chi connectivity index (χ1n) is 6.54. The maximum absolute atomic E-state index is 11.8. The van der Waals surface area contributed by atoms with E-state index in [1.807, 2.05) is 6.92 Å². The molecule has 3 N–H and O–H groups in total. The molecule has 1 aromatic rings. The van der Waals surface area contributed by atoms with Gasteiger partial charge in [-0.2, -0.15) is 0 Å². The number of carbonyl (C=O) groups excluding carboxylic acids is 1. The summed E-state index contributed by atoms with van der Waals surface area (Å²) in [4.78, 5) is 11.8. The van der Waals surface area contributed by atoms with Gasteiger partial charge in [0.15, 0.2) is 0 Å². The van der Waals surface area contributed by atoms with Crippen molar-refractivity contribution in [1.29, 1.82) is 0 Å². The van der Waals surface area contributed by atoms with Crippen LogP contribution < -0.4 is 11.1 Å². The van der Waals surface area contributed by atoms with Crippen LogP contribution in [0.5, 0.6) is 0 Å². The van der Waals surface area contributed by atoms with Crippen molar-refractivity contribution in [2.24, 2.45) is 5.73 Å². The third kappa shape index (κ3) is 5.41. The van der Waals surface area contributed by atoms with Gasteiger partial charge >= 0.3 is 0 Å². The quantitative estimate of drug-likeness (QED) is 0.814. The van der Waals surface area contributed by atoms with Crippen LogP contribution in [0.3, 0.4) is 0 Å². The minimum atomic E-state index is -0.605. The monoisotopic (exact) mass is 264 g/mol. The van der Waals surface area contributed by atoms with Crippen LogP contribution in [0.4, 0.5) is 0 Å².